The molecular weight excluding hydrogens is 390 g/mol. The number of methoxy groups -OCH3 is 1. The zero-order chi connectivity index (χ0) is 20.8. The minimum atomic E-state index is -0.373. The summed E-state index contributed by atoms with van der Waals surface area (Å²) in [6.07, 6.45) is 5.94. The first-order valence-corrected chi connectivity index (χ1v) is 10.5. The molecule has 7 heteroatoms. The Kier molecular flexibility index (Phi) is 6.93. The topological polar surface area (TPSA) is 73.9 Å². The SMILES string of the molecule is CCOC(=O)c1c(NC(=O)/C=C/c2ccc(OCC)c(OC)c2)sc2c1CCC2. The summed E-state index contributed by atoms with van der Waals surface area (Å²) in [6.45, 7) is 4.52. The fourth-order valence-electron chi connectivity index (χ4n) is 3.30. The van der Waals surface area contributed by atoms with Crippen molar-refractivity contribution in [1.82, 2.24) is 0 Å². The largest absolute Gasteiger partial charge is 0.493 e. The standard InChI is InChI=1S/C22H25NO5S/c1-4-27-16-11-9-14(13-17(16)26-3)10-12-19(24)23-21-20(22(25)28-5-2)15-7-6-8-18(15)29-21/h9-13H,4-8H2,1-3H3,(H,23,24)/b12-10+. The molecule has 0 atom stereocenters. The van der Waals surface area contributed by atoms with E-state index in [9.17, 15) is 9.59 Å². The third-order valence-electron chi connectivity index (χ3n) is 4.55. The van der Waals surface area contributed by atoms with Gasteiger partial charge in [-0.2, -0.15) is 0 Å². The summed E-state index contributed by atoms with van der Waals surface area (Å²) >= 11 is 1.46. The van der Waals surface area contributed by atoms with Gasteiger partial charge in [-0.3, -0.25) is 4.79 Å². The van der Waals surface area contributed by atoms with Crippen LogP contribution in [-0.4, -0.2) is 32.2 Å². The zero-order valence-electron chi connectivity index (χ0n) is 16.9. The van der Waals surface area contributed by atoms with Gasteiger partial charge in [-0.15, -0.1) is 11.3 Å². The molecule has 0 unspecified atom stereocenters. The van der Waals surface area contributed by atoms with Crippen LogP contribution in [0, 0.1) is 0 Å². The average molecular weight is 416 g/mol. The maximum Gasteiger partial charge on any atom is 0.341 e. The van der Waals surface area contributed by atoms with Gasteiger partial charge >= 0.3 is 5.97 Å². The number of carbonyl (C=O) groups is 2. The van der Waals surface area contributed by atoms with E-state index < -0.39 is 0 Å². The van der Waals surface area contributed by atoms with Gasteiger partial charge in [-0.05, 0) is 62.4 Å². The van der Waals surface area contributed by atoms with E-state index >= 15 is 0 Å². The van der Waals surface area contributed by atoms with Crippen LogP contribution in [0.1, 0.15) is 46.6 Å². The molecule has 1 aromatic carbocycles. The number of anilines is 1. The Morgan fingerprint density at radius 2 is 2.00 bits per heavy atom. The molecule has 0 fully saturated rings. The quantitative estimate of drug-likeness (QED) is 0.509. The van der Waals surface area contributed by atoms with Crippen molar-refractivity contribution in [3.8, 4) is 11.5 Å². The Balaban J connectivity index is 1.75. The fourth-order valence-corrected chi connectivity index (χ4v) is 4.58. The molecule has 1 aliphatic carbocycles. The van der Waals surface area contributed by atoms with Crippen LogP contribution >= 0.6 is 11.3 Å². The summed E-state index contributed by atoms with van der Waals surface area (Å²) in [5, 5.41) is 3.41. The summed E-state index contributed by atoms with van der Waals surface area (Å²) in [5.41, 5.74) is 2.33. The molecule has 6 nitrogen and oxygen atoms in total. The van der Waals surface area contributed by atoms with Gasteiger partial charge in [0.1, 0.15) is 5.00 Å². The Bertz CT molecular complexity index is 932. The van der Waals surface area contributed by atoms with Gasteiger partial charge in [0.05, 0.1) is 25.9 Å². The lowest BCUT2D eigenvalue weighted by atomic mass is 10.1. The number of rotatable bonds is 8. The van der Waals surface area contributed by atoms with E-state index in [1.54, 1.807) is 26.2 Å². The average Bonchev–Trinajstić information content (AvgIpc) is 3.28. The Morgan fingerprint density at radius 3 is 2.72 bits per heavy atom. The number of fused-ring (bicyclic) bond motifs is 1. The van der Waals surface area contributed by atoms with Crippen LogP contribution in [0.25, 0.3) is 6.08 Å². The molecule has 0 saturated carbocycles. The number of hydrogen-bond donors (Lipinski definition) is 1. The van der Waals surface area contributed by atoms with Crippen LogP contribution < -0.4 is 14.8 Å². The van der Waals surface area contributed by atoms with Crippen molar-refractivity contribution >= 4 is 34.3 Å². The van der Waals surface area contributed by atoms with E-state index in [2.05, 4.69) is 5.32 Å². The van der Waals surface area contributed by atoms with Crippen LogP contribution in [0.4, 0.5) is 5.00 Å². The third kappa shape index (κ3) is 4.79. The summed E-state index contributed by atoms with van der Waals surface area (Å²) in [7, 11) is 1.57. The minimum absolute atomic E-state index is 0.302. The number of nitrogens with one attached hydrogen (secondary N) is 1. The maximum absolute atomic E-state index is 12.5. The highest BCUT2D eigenvalue weighted by atomic mass is 32.1. The van der Waals surface area contributed by atoms with Crippen LogP contribution in [0.5, 0.6) is 11.5 Å². The van der Waals surface area contributed by atoms with Crippen molar-refractivity contribution in [1.29, 1.82) is 0 Å². The first kappa shape index (κ1) is 20.9. The van der Waals surface area contributed by atoms with Gasteiger partial charge in [0.15, 0.2) is 11.5 Å². The van der Waals surface area contributed by atoms with E-state index in [4.69, 9.17) is 14.2 Å². The molecule has 0 bridgehead atoms. The maximum atomic E-state index is 12.5. The molecule has 0 radical (unpaired) electrons. The highest BCUT2D eigenvalue weighted by Gasteiger charge is 2.28. The van der Waals surface area contributed by atoms with Crippen molar-refractivity contribution in [3.63, 3.8) is 0 Å². The zero-order valence-corrected chi connectivity index (χ0v) is 17.7. The van der Waals surface area contributed by atoms with Gasteiger partial charge < -0.3 is 19.5 Å². The molecule has 3 rings (SSSR count). The normalized spacial score (nSPS) is 12.7. The van der Waals surface area contributed by atoms with Crippen LogP contribution in [0.15, 0.2) is 24.3 Å². The fraction of sp³-hybridized carbons (Fsp3) is 0.364. The van der Waals surface area contributed by atoms with Crippen LogP contribution in [-0.2, 0) is 22.4 Å². The molecule has 0 saturated heterocycles. The molecular formula is C22H25NO5S. The number of esters is 1. The van der Waals surface area contributed by atoms with Crippen molar-refractivity contribution in [2.75, 3.05) is 25.6 Å². The lowest BCUT2D eigenvalue weighted by Gasteiger charge is -2.09. The van der Waals surface area contributed by atoms with E-state index in [1.165, 1.54) is 17.4 Å². The molecule has 0 aliphatic heterocycles. The second-order valence-corrected chi connectivity index (χ2v) is 7.55. The molecule has 1 N–H and O–H groups in total. The Labute approximate surface area is 174 Å². The molecule has 154 valence electrons. The number of hydrogen-bond acceptors (Lipinski definition) is 6. The van der Waals surface area contributed by atoms with Gasteiger partial charge in [0.25, 0.3) is 0 Å². The third-order valence-corrected chi connectivity index (χ3v) is 5.76. The summed E-state index contributed by atoms with van der Waals surface area (Å²) in [5.74, 6) is 0.586. The molecule has 1 heterocycles. The van der Waals surface area contributed by atoms with E-state index in [0.29, 0.717) is 35.3 Å². The predicted molar refractivity (Wildman–Crippen MR) is 114 cm³/mol. The molecule has 1 amide bonds. The number of benzene rings is 1. The summed E-state index contributed by atoms with van der Waals surface area (Å²) < 4.78 is 16.0. The van der Waals surface area contributed by atoms with E-state index in [1.807, 2.05) is 19.1 Å². The van der Waals surface area contributed by atoms with Crippen LogP contribution in [0.3, 0.4) is 0 Å². The molecule has 1 aromatic heterocycles. The molecule has 29 heavy (non-hydrogen) atoms. The van der Waals surface area contributed by atoms with Gasteiger partial charge in [-0.25, -0.2) is 4.79 Å². The second-order valence-electron chi connectivity index (χ2n) is 6.45. The summed E-state index contributed by atoms with van der Waals surface area (Å²) in [6, 6.07) is 5.46. The van der Waals surface area contributed by atoms with E-state index in [0.717, 1.165) is 35.3 Å². The highest BCUT2D eigenvalue weighted by Crippen LogP contribution is 2.39. The van der Waals surface area contributed by atoms with Gasteiger partial charge in [-0.1, -0.05) is 6.07 Å². The summed E-state index contributed by atoms with van der Waals surface area (Å²) in [4.78, 5) is 26.0. The second kappa shape index (κ2) is 9.60. The number of ether oxygens (including phenoxy) is 3. The first-order valence-electron chi connectivity index (χ1n) is 9.68. The van der Waals surface area contributed by atoms with E-state index in [-0.39, 0.29) is 11.9 Å². The minimum Gasteiger partial charge on any atom is -0.493 e. The monoisotopic (exact) mass is 415 g/mol. The highest BCUT2D eigenvalue weighted by molar-refractivity contribution is 7.17. The molecule has 1 aliphatic rings. The number of thiophene rings is 1. The van der Waals surface area contributed by atoms with Crippen molar-refractivity contribution in [2.45, 2.75) is 33.1 Å². The predicted octanol–water partition coefficient (Wildman–Crippen LogP) is 4.47. The van der Waals surface area contributed by atoms with Gasteiger partial charge in [0, 0.05) is 11.0 Å². The number of carbonyl (C=O) groups excluding carboxylic acids is 2. The van der Waals surface area contributed by atoms with Gasteiger partial charge in [0.2, 0.25) is 5.91 Å². The Hall–Kier alpha value is -2.80. The smallest absolute Gasteiger partial charge is 0.341 e. The lowest BCUT2D eigenvalue weighted by Crippen LogP contribution is -2.13. The number of amides is 1. The van der Waals surface area contributed by atoms with Crippen molar-refractivity contribution in [2.24, 2.45) is 0 Å². The molecule has 0 spiro atoms. The van der Waals surface area contributed by atoms with Crippen LogP contribution in [0.2, 0.25) is 0 Å². The van der Waals surface area contributed by atoms with Crippen molar-refractivity contribution in [3.05, 3.63) is 45.8 Å². The number of aryl methyl sites for hydroxylation is 1. The first-order chi connectivity index (χ1) is 14.1. The van der Waals surface area contributed by atoms with Crippen molar-refractivity contribution < 1.29 is 23.8 Å². The Morgan fingerprint density at radius 1 is 1.17 bits per heavy atom. The molecule has 2 aromatic rings. The lowest BCUT2D eigenvalue weighted by molar-refractivity contribution is -0.111.